The lowest BCUT2D eigenvalue weighted by Crippen LogP contribution is -2.26. The van der Waals surface area contributed by atoms with Crippen LogP contribution < -0.4 is 9.64 Å². The number of esters is 1. The van der Waals surface area contributed by atoms with Gasteiger partial charge >= 0.3 is 5.97 Å². The predicted octanol–water partition coefficient (Wildman–Crippen LogP) is 2.14. The maximum Gasteiger partial charge on any atom is 0.347 e. The first kappa shape index (κ1) is 14.4. The van der Waals surface area contributed by atoms with E-state index in [2.05, 4.69) is 0 Å². The molecule has 20 heavy (non-hydrogen) atoms. The van der Waals surface area contributed by atoms with Gasteiger partial charge in [0.2, 0.25) is 5.91 Å². The number of ether oxygens (including phenoxy) is 2. The van der Waals surface area contributed by atoms with Gasteiger partial charge in [0, 0.05) is 18.7 Å². The van der Waals surface area contributed by atoms with Gasteiger partial charge in [-0.1, -0.05) is 0 Å². The van der Waals surface area contributed by atoms with Crippen molar-refractivity contribution in [3.05, 3.63) is 24.3 Å². The van der Waals surface area contributed by atoms with Crippen LogP contribution in [0.15, 0.2) is 24.3 Å². The summed E-state index contributed by atoms with van der Waals surface area (Å²) in [6.07, 6.45) is 0.865. The van der Waals surface area contributed by atoms with E-state index in [0.717, 1.165) is 18.7 Å². The van der Waals surface area contributed by atoms with Crippen LogP contribution in [0.3, 0.4) is 0 Å². The van der Waals surface area contributed by atoms with Crippen LogP contribution in [-0.2, 0) is 14.3 Å². The predicted molar refractivity (Wildman–Crippen MR) is 74.8 cm³/mol. The Kier molecular flexibility index (Phi) is 4.61. The van der Waals surface area contributed by atoms with Crippen molar-refractivity contribution in [3.63, 3.8) is 0 Å². The molecule has 0 saturated carbocycles. The van der Waals surface area contributed by atoms with Gasteiger partial charge < -0.3 is 14.4 Å². The topological polar surface area (TPSA) is 55.8 Å². The summed E-state index contributed by atoms with van der Waals surface area (Å²) in [5.41, 5.74) is 0.864. The minimum Gasteiger partial charge on any atom is -0.479 e. The second kappa shape index (κ2) is 6.41. The number of rotatable bonds is 5. The molecule has 1 atom stereocenters. The van der Waals surface area contributed by atoms with E-state index in [0.29, 0.717) is 18.8 Å². The molecule has 1 fully saturated rings. The second-order valence-electron chi connectivity index (χ2n) is 4.65. The summed E-state index contributed by atoms with van der Waals surface area (Å²) < 4.78 is 10.4. The largest absolute Gasteiger partial charge is 0.479 e. The zero-order chi connectivity index (χ0) is 14.5. The monoisotopic (exact) mass is 277 g/mol. The maximum absolute atomic E-state index is 11.6. The van der Waals surface area contributed by atoms with E-state index in [1.165, 1.54) is 0 Å². The average molecular weight is 277 g/mol. The highest BCUT2D eigenvalue weighted by atomic mass is 16.6. The molecule has 1 aromatic carbocycles. The number of carbonyl (C=O) groups is 2. The highest BCUT2D eigenvalue weighted by Gasteiger charge is 2.21. The van der Waals surface area contributed by atoms with E-state index in [1.807, 2.05) is 12.1 Å². The number of amides is 1. The summed E-state index contributed by atoms with van der Waals surface area (Å²) >= 11 is 0. The van der Waals surface area contributed by atoms with Crippen molar-refractivity contribution in [1.29, 1.82) is 0 Å². The minimum absolute atomic E-state index is 0.151. The van der Waals surface area contributed by atoms with Gasteiger partial charge in [-0.3, -0.25) is 4.79 Å². The molecule has 0 N–H and O–H groups in total. The number of hydrogen-bond donors (Lipinski definition) is 0. The molecule has 0 spiro atoms. The molecule has 1 saturated heterocycles. The highest BCUT2D eigenvalue weighted by Crippen LogP contribution is 2.24. The number of benzene rings is 1. The fourth-order valence-electron chi connectivity index (χ4n) is 2.14. The van der Waals surface area contributed by atoms with Crippen molar-refractivity contribution < 1.29 is 19.1 Å². The van der Waals surface area contributed by atoms with Gasteiger partial charge in [0.1, 0.15) is 5.75 Å². The Balaban J connectivity index is 1.98. The SMILES string of the molecule is CCOC(=O)C(C)Oc1ccc(N2CCCC2=O)cc1. The molecule has 1 aliphatic rings. The quantitative estimate of drug-likeness (QED) is 0.774. The van der Waals surface area contributed by atoms with Crippen LogP contribution in [0.25, 0.3) is 0 Å². The van der Waals surface area contributed by atoms with Crippen molar-refractivity contribution >= 4 is 17.6 Å². The molecule has 1 aromatic rings. The first-order valence-electron chi connectivity index (χ1n) is 6.85. The molecule has 1 amide bonds. The molecule has 0 radical (unpaired) electrons. The number of anilines is 1. The van der Waals surface area contributed by atoms with Crippen molar-refractivity contribution in [2.24, 2.45) is 0 Å². The summed E-state index contributed by atoms with van der Waals surface area (Å²) in [4.78, 5) is 24.9. The lowest BCUT2D eigenvalue weighted by Gasteiger charge is -2.17. The molecule has 1 unspecified atom stereocenters. The first-order valence-corrected chi connectivity index (χ1v) is 6.85. The van der Waals surface area contributed by atoms with E-state index >= 15 is 0 Å². The lowest BCUT2D eigenvalue weighted by atomic mass is 10.2. The highest BCUT2D eigenvalue weighted by molar-refractivity contribution is 5.95. The summed E-state index contributed by atoms with van der Waals surface area (Å²) in [6, 6.07) is 7.18. The Labute approximate surface area is 118 Å². The Morgan fingerprint density at radius 2 is 2.05 bits per heavy atom. The third-order valence-corrected chi connectivity index (χ3v) is 3.15. The van der Waals surface area contributed by atoms with E-state index in [9.17, 15) is 9.59 Å². The van der Waals surface area contributed by atoms with Crippen LogP contribution in [0.5, 0.6) is 5.75 Å². The lowest BCUT2D eigenvalue weighted by molar-refractivity contribution is -0.150. The van der Waals surface area contributed by atoms with Crippen LogP contribution in [0.4, 0.5) is 5.69 Å². The fourth-order valence-corrected chi connectivity index (χ4v) is 2.14. The third kappa shape index (κ3) is 3.29. The average Bonchev–Trinajstić information content (AvgIpc) is 2.86. The summed E-state index contributed by atoms with van der Waals surface area (Å²) in [5.74, 6) is 0.353. The molecule has 5 nitrogen and oxygen atoms in total. The Morgan fingerprint density at radius 3 is 2.60 bits per heavy atom. The normalized spacial score (nSPS) is 16.1. The zero-order valence-corrected chi connectivity index (χ0v) is 11.8. The van der Waals surface area contributed by atoms with E-state index < -0.39 is 6.10 Å². The van der Waals surface area contributed by atoms with Gasteiger partial charge in [-0.15, -0.1) is 0 Å². The van der Waals surface area contributed by atoms with Crippen LogP contribution >= 0.6 is 0 Å². The molecule has 0 aliphatic carbocycles. The number of nitrogens with zero attached hydrogens (tertiary/aromatic N) is 1. The van der Waals surface area contributed by atoms with Crippen molar-refractivity contribution in [2.45, 2.75) is 32.8 Å². The van der Waals surface area contributed by atoms with Gasteiger partial charge in [0.15, 0.2) is 6.10 Å². The second-order valence-corrected chi connectivity index (χ2v) is 4.65. The number of carbonyl (C=O) groups excluding carboxylic acids is 2. The molecule has 108 valence electrons. The van der Waals surface area contributed by atoms with E-state index in [1.54, 1.807) is 30.9 Å². The fraction of sp³-hybridized carbons (Fsp3) is 0.467. The Morgan fingerprint density at radius 1 is 1.35 bits per heavy atom. The first-order chi connectivity index (χ1) is 9.61. The minimum atomic E-state index is -0.644. The molecule has 0 bridgehead atoms. The van der Waals surface area contributed by atoms with Gasteiger partial charge in [0.25, 0.3) is 0 Å². The molecular weight excluding hydrogens is 258 g/mol. The van der Waals surface area contributed by atoms with Crippen molar-refractivity contribution in [3.8, 4) is 5.75 Å². The molecule has 2 rings (SSSR count). The van der Waals surface area contributed by atoms with Crippen LogP contribution in [-0.4, -0.2) is 31.1 Å². The van der Waals surface area contributed by atoms with E-state index in [4.69, 9.17) is 9.47 Å². The van der Waals surface area contributed by atoms with Crippen molar-refractivity contribution in [2.75, 3.05) is 18.1 Å². The molecule has 1 heterocycles. The standard InChI is InChI=1S/C15H19NO4/c1-3-19-15(18)11(2)20-13-8-6-12(7-9-13)16-10-4-5-14(16)17/h6-9,11H,3-5,10H2,1-2H3. The molecule has 0 aromatic heterocycles. The molecule has 1 aliphatic heterocycles. The van der Waals surface area contributed by atoms with Crippen LogP contribution in [0.2, 0.25) is 0 Å². The summed E-state index contributed by atoms with van der Waals surface area (Å²) in [5, 5.41) is 0. The van der Waals surface area contributed by atoms with Gasteiger partial charge in [-0.05, 0) is 44.5 Å². The Hall–Kier alpha value is -2.04. The van der Waals surface area contributed by atoms with Gasteiger partial charge in [0.05, 0.1) is 6.61 Å². The summed E-state index contributed by atoms with van der Waals surface area (Å²) in [7, 11) is 0. The smallest absolute Gasteiger partial charge is 0.347 e. The summed E-state index contributed by atoms with van der Waals surface area (Å²) in [6.45, 7) is 4.50. The molecule has 5 heteroatoms. The third-order valence-electron chi connectivity index (χ3n) is 3.15. The Bertz CT molecular complexity index is 483. The van der Waals surface area contributed by atoms with Gasteiger partial charge in [-0.25, -0.2) is 4.79 Å². The molecular formula is C15H19NO4. The van der Waals surface area contributed by atoms with Gasteiger partial charge in [-0.2, -0.15) is 0 Å². The zero-order valence-electron chi connectivity index (χ0n) is 11.8. The number of hydrogen-bond acceptors (Lipinski definition) is 4. The maximum atomic E-state index is 11.6. The van der Waals surface area contributed by atoms with E-state index in [-0.39, 0.29) is 11.9 Å². The van der Waals surface area contributed by atoms with Crippen LogP contribution in [0.1, 0.15) is 26.7 Å². The van der Waals surface area contributed by atoms with Crippen LogP contribution in [0, 0.1) is 0 Å². The van der Waals surface area contributed by atoms with Crippen molar-refractivity contribution in [1.82, 2.24) is 0 Å².